The van der Waals surface area contributed by atoms with Crippen LogP contribution in [0.15, 0.2) is 42.5 Å². The van der Waals surface area contributed by atoms with E-state index in [0.29, 0.717) is 61.1 Å². The number of aromatic nitrogens is 2. The molecule has 1 fully saturated rings. The maximum absolute atomic E-state index is 12.0. The monoisotopic (exact) mass is 437 g/mol. The van der Waals surface area contributed by atoms with Gasteiger partial charge in [-0.25, -0.2) is 19.6 Å². The number of hydrogen-bond acceptors (Lipinski definition) is 8. The number of benzene rings is 2. The second kappa shape index (κ2) is 8.96. The summed E-state index contributed by atoms with van der Waals surface area (Å²) >= 11 is 0. The van der Waals surface area contributed by atoms with Gasteiger partial charge in [-0.3, -0.25) is 0 Å². The van der Waals surface area contributed by atoms with Gasteiger partial charge < -0.3 is 30.1 Å². The van der Waals surface area contributed by atoms with E-state index in [2.05, 4.69) is 10.3 Å². The van der Waals surface area contributed by atoms with Crippen LogP contribution in [0, 0.1) is 0 Å². The van der Waals surface area contributed by atoms with Crippen molar-refractivity contribution < 1.29 is 24.5 Å². The summed E-state index contributed by atoms with van der Waals surface area (Å²) in [6.45, 7) is 4.12. The standard InChI is InChI=1S/C22H23N5O5/c1-2-32-22(31)27-11-9-26(10-12-27)20-19(23-15-5-3-4-6-16(15)25-20)24-17-8-7-14(21(29)30)13-18(17)28/h3-8,13,28H,2,9-12H2,1H3,(H,23,24)(H,29,30). The molecule has 0 spiro atoms. The Morgan fingerprint density at radius 3 is 2.38 bits per heavy atom. The van der Waals surface area contributed by atoms with Crippen LogP contribution in [0.25, 0.3) is 11.0 Å². The summed E-state index contributed by atoms with van der Waals surface area (Å²) in [5, 5.41) is 22.5. The lowest BCUT2D eigenvalue weighted by Crippen LogP contribution is -2.49. The molecule has 10 heteroatoms. The number of amides is 1. The molecule has 1 amide bonds. The lowest BCUT2D eigenvalue weighted by Gasteiger charge is -2.35. The second-order valence-electron chi connectivity index (χ2n) is 7.22. The minimum atomic E-state index is -1.13. The first-order chi connectivity index (χ1) is 15.5. The van der Waals surface area contributed by atoms with Crippen molar-refractivity contribution in [3.05, 3.63) is 48.0 Å². The van der Waals surface area contributed by atoms with E-state index < -0.39 is 5.97 Å². The molecule has 1 aromatic heterocycles. The minimum absolute atomic E-state index is 0.0204. The van der Waals surface area contributed by atoms with Crippen molar-refractivity contribution in [3.63, 3.8) is 0 Å². The van der Waals surface area contributed by atoms with E-state index in [0.717, 1.165) is 0 Å². The first kappa shape index (κ1) is 21.2. The number of fused-ring (bicyclic) bond motifs is 1. The molecule has 1 saturated heterocycles. The summed E-state index contributed by atoms with van der Waals surface area (Å²) in [6.07, 6.45) is -0.335. The SMILES string of the molecule is CCOC(=O)N1CCN(c2nc3ccccc3nc2Nc2ccc(C(=O)O)cc2O)CC1. The molecule has 0 aliphatic carbocycles. The summed E-state index contributed by atoms with van der Waals surface area (Å²) < 4.78 is 5.08. The molecule has 0 saturated carbocycles. The number of hydrogen-bond donors (Lipinski definition) is 3. The summed E-state index contributed by atoms with van der Waals surface area (Å²) in [5.41, 5.74) is 1.68. The van der Waals surface area contributed by atoms with Gasteiger partial charge in [-0.2, -0.15) is 0 Å². The first-order valence-corrected chi connectivity index (χ1v) is 10.2. The molecule has 2 aromatic carbocycles. The fourth-order valence-corrected chi connectivity index (χ4v) is 3.51. The number of ether oxygens (including phenoxy) is 1. The van der Waals surface area contributed by atoms with Gasteiger partial charge in [-0.15, -0.1) is 0 Å². The Morgan fingerprint density at radius 2 is 1.75 bits per heavy atom. The Labute approximate surface area is 184 Å². The van der Waals surface area contributed by atoms with Gasteiger partial charge in [0.1, 0.15) is 5.75 Å². The molecule has 166 valence electrons. The number of nitrogens with zero attached hydrogens (tertiary/aromatic N) is 4. The highest BCUT2D eigenvalue weighted by Crippen LogP contribution is 2.32. The van der Waals surface area contributed by atoms with E-state index in [-0.39, 0.29) is 17.4 Å². The number of anilines is 3. The highest BCUT2D eigenvalue weighted by atomic mass is 16.6. The Hall–Kier alpha value is -4.08. The molecular formula is C22H23N5O5. The summed E-state index contributed by atoms with van der Waals surface area (Å²) in [7, 11) is 0. The number of carboxylic acid groups (broad SMARTS) is 1. The number of nitrogens with one attached hydrogen (secondary N) is 1. The third-order valence-electron chi connectivity index (χ3n) is 5.16. The molecule has 1 aliphatic heterocycles. The first-order valence-electron chi connectivity index (χ1n) is 10.2. The Kier molecular flexibility index (Phi) is 5.93. The van der Waals surface area contributed by atoms with Gasteiger partial charge in [-0.05, 0) is 37.3 Å². The highest BCUT2D eigenvalue weighted by Gasteiger charge is 2.25. The van der Waals surface area contributed by atoms with Crippen LogP contribution in [0.4, 0.5) is 22.1 Å². The third-order valence-corrected chi connectivity index (χ3v) is 5.16. The van der Waals surface area contributed by atoms with Crippen molar-refractivity contribution in [1.82, 2.24) is 14.9 Å². The zero-order chi connectivity index (χ0) is 22.7. The molecule has 32 heavy (non-hydrogen) atoms. The van der Waals surface area contributed by atoms with Gasteiger partial charge in [0.15, 0.2) is 11.6 Å². The Morgan fingerprint density at radius 1 is 1.06 bits per heavy atom. The van der Waals surface area contributed by atoms with Crippen molar-refractivity contribution in [3.8, 4) is 5.75 Å². The van der Waals surface area contributed by atoms with Crippen molar-refractivity contribution in [2.24, 2.45) is 0 Å². The van der Waals surface area contributed by atoms with Crippen molar-refractivity contribution in [1.29, 1.82) is 0 Å². The zero-order valence-electron chi connectivity index (χ0n) is 17.5. The molecule has 2 heterocycles. The maximum Gasteiger partial charge on any atom is 0.409 e. The van der Waals surface area contributed by atoms with Crippen LogP contribution in [0.3, 0.4) is 0 Å². The number of para-hydroxylation sites is 2. The molecule has 4 rings (SSSR count). The van der Waals surface area contributed by atoms with Crippen molar-refractivity contribution in [2.75, 3.05) is 43.0 Å². The molecule has 0 radical (unpaired) electrons. The fraction of sp³-hybridized carbons (Fsp3) is 0.273. The van der Waals surface area contributed by atoms with Crippen LogP contribution in [0.5, 0.6) is 5.75 Å². The Balaban J connectivity index is 1.65. The number of phenolic OH excluding ortho intramolecular Hbond substituents is 1. The van der Waals surface area contributed by atoms with Crippen LogP contribution >= 0.6 is 0 Å². The number of rotatable bonds is 5. The smallest absolute Gasteiger partial charge is 0.409 e. The quantitative estimate of drug-likeness (QED) is 0.516. The highest BCUT2D eigenvalue weighted by molar-refractivity contribution is 5.90. The van der Waals surface area contributed by atoms with Gasteiger partial charge >= 0.3 is 12.1 Å². The minimum Gasteiger partial charge on any atom is -0.506 e. The number of piperazine rings is 1. The predicted molar refractivity (Wildman–Crippen MR) is 119 cm³/mol. The van der Waals surface area contributed by atoms with Gasteiger partial charge in [0.2, 0.25) is 0 Å². The molecule has 3 N–H and O–H groups in total. The van der Waals surface area contributed by atoms with E-state index in [9.17, 15) is 14.7 Å². The number of phenols is 1. The van der Waals surface area contributed by atoms with E-state index in [4.69, 9.17) is 14.8 Å². The molecule has 10 nitrogen and oxygen atoms in total. The molecule has 0 unspecified atom stereocenters. The molecule has 0 bridgehead atoms. The topological polar surface area (TPSA) is 128 Å². The van der Waals surface area contributed by atoms with Gasteiger partial charge in [0.05, 0.1) is 28.9 Å². The number of carbonyl (C=O) groups excluding carboxylic acids is 1. The average Bonchev–Trinajstić information content (AvgIpc) is 2.80. The van der Waals surface area contributed by atoms with Crippen molar-refractivity contribution in [2.45, 2.75) is 6.92 Å². The van der Waals surface area contributed by atoms with Crippen LogP contribution in [-0.4, -0.2) is 69.9 Å². The zero-order valence-corrected chi connectivity index (χ0v) is 17.5. The van der Waals surface area contributed by atoms with Gasteiger partial charge in [-0.1, -0.05) is 12.1 Å². The summed E-state index contributed by atoms with van der Waals surface area (Å²) in [6, 6.07) is 11.5. The molecule has 1 aliphatic rings. The van der Waals surface area contributed by atoms with E-state index >= 15 is 0 Å². The number of aromatic carboxylic acids is 1. The average molecular weight is 437 g/mol. The van der Waals surface area contributed by atoms with Crippen LogP contribution < -0.4 is 10.2 Å². The summed E-state index contributed by atoms with van der Waals surface area (Å²) in [5.74, 6) is -0.337. The fourth-order valence-electron chi connectivity index (χ4n) is 3.51. The van der Waals surface area contributed by atoms with Crippen LogP contribution in [0.2, 0.25) is 0 Å². The van der Waals surface area contributed by atoms with Gasteiger partial charge in [0.25, 0.3) is 0 Å². The predicted octanol–water partition coefficient (Wildman–Crippen LogP) is 3.06. The van der Waals surface area contributed by atoms with E-state index in [1.807, 2.05) is 29.2 Å². The lowest BCUT2D eigenvalue weighted by molar-refractivity contribution is 0.0696. The number of carbonyl (C=O) groups is 2. The molecule has 3 aromatic rings. The third kappa shape index (κ3) is 4.34. The van der Waals surface area contributed by atoms with Crippen LogP contribution in [0.1, 0.15) is 17.3 Å². The van der Waals surface area contributed by atoms with E-state index in [1.54, 1.807) is 11.8 Å². The van der Waals surface area contributed by atoms with E-state index in [1.165, 1.54) is 18.2 Å². The Bertz CT molecular complexity index is 1160. The maximum atomic E-state index is 12.0. The number of carboxylic acids is 1. The van der Waals surface area contributed by atoms with Crippen LogP contribution in [-0.2, 0) is 4.74 Å². The number of aromatic hydroxyl groups is 1. The van der Waals surface area contributed by atoms with Gasteiger partial charge in [0, 0.05) is 26.2 Å². The van der Waals surface area contributed by atoms with Crippen molar-refractivity contribution >= 4 is 40.4 Å². The molecule has 0 atom stereocenters. The normalized spacial score (nSPS) is 13.8. The summed E-state index contributed by atoms with van der Waals surface area (Å²) in [4.78, 5) is 36.3. The lowest BCUT2D eigenvalue weighted by atomic mass is 10.2. The second-order valence-corrected chi connectivity index (χ2v) is 7.22. The largest absolute Gasteiger partial charge is 0.506 e. The molecular weight excluding hydrogens is 414 g/mol.